The Labute approximate surface area is 128 Å². The molecule has 2 aromatic rings. The number of nitrogens with one attached hydrogen (secondary N) is 2. The molecule has 0 spiro atoms. The molecule has 0 saturated heterocycles. The first kappa shape index (κ1) is 16.7. The first-order chi connectivity index (χ1) is 10.7. The lowest BCUT2D eigenvalue weighted by molar-refractivity contribution is -0.274. The average Bonchev–Trinajstić information content (AvgIpc) is 2.75. The standard InChI is InChI=1S/C14H14F3N3O3/c1-7-12(13(22)20-19-7)10(6-11(18)21)8-2-4-9(5-3-8)23-14(15,16)17/h2-5,10H,6H2,1H3,(H2,18,21)(H2,19,20,22)/t10-/m1/s1. The van der Waals surface area contributed by atoms with Gasteiger partial charge in [0.1, 0.15) is 5.75 Å². The van der Waals surface area contributed by atoms with Crippen molar-refractivity contribution in [3.8, 4) is 5.75 Å². The summed E-state index contributed by atoms with van der Waals surface area (Å²) in [4.78, 5) is 23.2. The largest absolute Gasteiger partial charge is 0.573 e. The molecule has 0 aliphatic carbocycles. The highest BCUT2D eigenvalue weighted by Crippen LogP contribution is 2.30. The number of carbonyl (C=O) groups excluding carboxylic acids is 1. The first-order valence-electron chi connectivity index (χ1n) is 6.58. The highest BCUT2D eigenvalue weighted by Gasteiger charge is 2.31. The molecule has 1 aromatic heterocycles. The molecule has 9 heteroatoms. The van der Waals surface area contributed by atoms with Gasteiger partial charge in [-0.3, -0.25) is 14.7 Å². The lowest BCUT2D eigenvalue weighted by atomic mass is 9.88. The molecule has 0 saturated carbocycles. The molecular formula is C14H14F3N3O3. The van der Waals surface area contributed by atoms with Crippen LogP contribution in [0.5, 0.6) is 5.75 Å². The van der Waals surface area contributed by atoms with E-state index in [1.54, 1.807) is 6.92 Å². The molecule has 1 atom stereocenters. The number of benzene rings is 1. The van der Waals surface area contributed by atoms with Crippen LogP contribution in [-0.2, 0) is 4.79 Å². The van der Waals surface area contributed by atoms with Gasteiger partial charge in [-0.2, -0.15) is 0 Å². The van der Waals surface area contributed by atoms with E-state index in [1.807, 2.05) is 0 Å². The minimum Gasteiger partial charge on any atom is -0.406 e. The Morgan fingerprint density at radius 2 is 1.87 bits per heavy atom. The maximum atomic E-state index is 12.2. The number of carbonyl (C=O) groups is 1. The SMILES string of the molecule is Cc1[nH][nH]c(=O)c1[C@H](CC(N)=O)c1ccc(OC(F)(F)F)cc1. The number of halogens is 3. The summed E-state index contributed by atoms with van der Waals surface area (Å²) in [5.74, 6) is -1.69. The number of nitrogens with two attached hydrogens (primary N) is 1. The van der Waals surface area contributed by atoms with Crippen LogP contribution in [0.3, 0.4) is 0 Å². The Balaban J connectivity index is 2.37. The number of primary amides is 1. The predicted molar refractivity (Wildman–Crippen MR) is 74.9 cm³/mol. The third-order valence-electron chi connectivity index (χ3n) is 3.28. The number of H-pyrrole nitrogens is 2. The van der Waals surface area contributed by atoms with Gasteiger partial charge in [0.25, 0.3) is 5.56 Å². The van der Waals surface area contributed by atoms with Crippen molar-refractivity contribution in [1.82, 2.24) is 10.2 Å². The summed E-state index contributed by atoms with van der Waals surface area (Å²) >= 11 is 0. The highest BCUT2D eigenvalue weighted by atomic mass is 19.4. The molecular weight excluding hydrogens is 315 g/mol. The average molecular weight is 329 g/mol. The zero-order valence-electron chi connectivity index (χ0n) is 12.0. The zero-order chi connectivity index (χ0) is 17.2. The van der Waals surface area contributed by atoms with Crippen LogP contribution in [-0.4, -0.2) is 22.5 Å². The van der Waals surface area contributed by atoms with Crippen molar-refractivity contribution < 1.29 is 22.7 Å². The number of hydrogen-bond acceptors (Lipinski definition) is 3. The fourth-order valence-electron chi connectivity index (χ4n) is 2.36. The van der Waals surface area contributed by atoms with Gasteiger partial charge in [-0.05, 0) is 24.6 Å². The van der Waals surface area contributed by atoms with E-state index in [-0.39, 0.29) is 6.42 Å². The molecule has 1 amide bonds. The number of aromatic nitrogens is 2. The van der Waals surface area contributed by atoms with E-state index in [0.29, 0.717) is 16.8 Å². The maximum Gasteiger partial charge on any atom is 0.573 e. The van der Waals surface area contributed by atoms with Gasteiger partial charge in [-0.25, -0.2) is 0 Å². The molecule has 1 aromatic carbocycles. The minimum absolute atomic E-state index is 0.152. The summed E-state index contributed by atoms with van der Waals surface area (Å²) in [7, 11) is 0. The van der Waals surface area contributed by atoms with Crippen LogP contribution >= 0.6 is 0 Å². The van der Waals surface area contributed by atoms with Crippen LogP contribution in [0.4, 0.5) is 13.2 Å². The zero-order valence-corrected chi connectivity index (χ0v) is 12.0. The Bertz CT molecular complexity index is 747. The van der Waals surface area contributed by atoms with Crippen molar-refractivity contribution >= 4 is 5.91 Å². The van der Waals surface area contributed by atoms with E-state index in [1.165, 1.54) is 12.1 Å². The van der Waals surface area contributed by atoms with Gasteiger partial charge in [-0.1, -0.05) is 12.1 Å². The Hall–Kier alpha value is -2.71. The van der Waals surface area contributed by atoms with Crippen LogP contribution in [0, 0.1) is 6.92 Å². The molecule has 0 fully saturated rings. The third kappa shape index (κ3) is 4.15. The van der Waals surface area contributed by atoms with Gasteiger partial charge >= 0.3 is 6.36 Å². The van der Waals surface area contributed by atoms with E-state index < -0.39 is 29.5 Å². The molecule has 124 valence electrons. The van der Waals surface area contributed by atoms with Crippen molar-refractivity contribution in [3.05, 3.63) is 51.4 Å². The van der Waals surface area contributed by atoms with Gasteiger partial charge in [0.05, 0.1) is 0 Å². The normalized spacial score (nSPS) is 12.9. The molecule has 6 nitrogen and oxygen atoms in total. The highest BCUT2D eigenvalue weighted by molar-refractivity contribution is 5.75. The Morgan fingerprint density at radius 3 is 2.30 bits per heavy atom. The third-order valence-corrected chi connectivity index (χ3v) is 3.28. The van der Waals surface area contributed by atoms with Crippen LogP contribution in [0.2, 0.25) is 0 Å². The number of aryl methyl sites for hydroxylation is 1. The quantitative estimate of drug-likeness (QED) is 0.781. The smallest absolute Gasteiger partial charge is 0.406 e. The van der Waals surface area contributed by atoms with Gasteiger partial charge in [0, 0.05) is 23.6 Å². The van der Waals surface area contributed by atoms with Crippen LogP contribution in [0.25, 0.3) is 0 Å². The van der Waals surface area contributed by atoms with Crippen molar-refractivity contribution in [3.63, 3.8) is 0 Å². The van der Waals surface area contributed by atoms with E-state index >= 15 is 0 Å². The topological polar surface area (TPSA) is 101 Å². The molecule has 0 aliphatic heterocycles. The molecule has 2 rings (SSSR count). The van der Waals surface area contributed by atoms with Crippen molar-refractivity contribution in [2.24, 2.45) is 5.73 Å². The molecule has 23 heavy (non-hydrogen) atoms. The number of ether oxygens (including phenoxy) is 1. The number of aromatic amines is 2. The summed E-state index contributed by atoms with van der Waals surface area (Å²) in [6.45, 7) is 1.64. The Kier molecular flexibility index (Phi) is 4.48. The van der Waals surface area contributed by atoms with E-state index in [2.05, 4.69) is 14.9 Å². The molecule has 0 bridgehead atoms. The first-order valence-corrected chi connectivity index (χ1v) is 6.58. The predicted octanol–water partition coefficient (Wildman–Crippen LogP) is 1.92. The minimum atomic E-state index is -4.79. The summed E-state index contributed by atoms with van der Waals surface area (Å²) in [6, 6.07) is 4.96. The van der Waals surface area contributed by atoms with E-state index in [4.69, 9.17) is 5.73 Å². The van der Waals surface area contributed by atoms with Gasteiger partial charge in [0.2, 0.25) is 5.91 Å². The number of rotatable bonds is 5. The lowest BCUT2D eigenvalue weighted by Gasteiger charge is -2.16. The van der Waals surface area contributed by atoms with Crippen LogP contribution in [0.1, 0.15) is 29.2 Å². The molecule has 1 heterocycles. The molecule has 0 unspecified atom stereocenters. The summed E-state index contributed by atoms with van der Waals surface area (Å²) < 4.78 is 40.3. The van der Waals surface area contributed by atoms with Crippen molar-refractivity contribution in [1.29, 1.82) is 0 Å². The second-order valence-corrected chi connectivity index (χ2v) is 4.96. The number of alkyl halides is 3. The Morgan fingerprint density at radius 1 is 1.26 bits per heavy atom. The van der Waals surface area contributed by atoms with Gasteiger partial charge in [0.15, 0.2) is 0 Å². The van der Waals surface area contributed by atoms with Crippen molar-refractivity contribution in [2.45, 2.75) is 25.6 Å². The monoisotopic (exact) mass is 329 g/mol. The second-order valence-electron chi connectivity index (χ2n) is 4.96. The molecule has 0 aliphatic rings. The fourth-order valence-corrected chi connectivity index (χ4v) is 2.36. The number of amides is 1. The van der Waals surface area contributed by atoms with Crippen molar-refractivity contribution in [2.75, 3.05) is 0 Å². The number of hydrogen-bond donors (Lipinski definition) is 3. The fraction of sp³-hybridized carbons (Fsp3) is 0.286. The van der Waals surface area contributed by atoms with Crippen LogP contribution < -0.4 is 16.0 Å². The molecule has 4 N–H and O–H groups in total. The van der Waals surface area contributed by atoms with E-state index in [9.17, 15) is 22.8 Å². The lowest BCUT2D eigenvalue weighted by Crippen LogP contribution is -2.21. The summed E-state index contributed by atoms with van der Waals surface area (Å²) in [5.41, 5.74) is 6.12. The van der Waals surface area contributed by atoms with Crippen LogP contribution in [0.15, 0.2) is 29.1 Å². The van der Waals surface area contributed by atoms with Gasteiger partial charge < -0.3 is 15.6 Å². The summed E-state index contributed by atoms with van der Waals surface area (Å²) in [6.07, 6.45) is -4.94. The maximum absolute atomic E-state index is 12.2. The van der Waals surface area contributed by atoms with Gasteiger partial charge in [-0.15, -0.1) is 13.2 Å². The van der Waals surface area contributed by atoms with E-state index in [0.717, 1.165) is 12.1 Å². The summed E-state index contributed by atoms with van der Waals surface area (Å²) in [5, 5.41) is 5.04. The molecule has 0 radical (unpaired) electrons. The second kappa shape index (κ2) is 6.19.